The van der Waals surface area contributed by atoms with Gasteiger partial charge in [-0.2, -0.15) is 5.10 Å². The molecule has 3 N–H and O–H groups in total. The predicted octanol–water partition coefficient (Wildman–Crippen LogP) is 2.63. The molecule has 0 aliphatic heterocycles. The van der Waals surface area contributed by atoms with Crippen molar-refractivity contribution >= 4 is 29.1 Å². The summed E-state index contributed by atoms with van der Waals surface area (Å²) in [6, 6.07) is 2.91. The number of nitrogens with one attached hydrogen (secondary N) is 2. The maximum Gasteiger partial charge on any atom is 0.255 e. The number of hydrogen-bond donors (Lipinski definition) is 3. The lowest BCUT2D eigenvalue weighted by molar-refractivity contribution is 0.0807. The highest BCUT2D eigenvalue weighted by molar-refractivity contribution is 6.43. The summed E-state index contributed by atoms with van der Waals surface area (Å²) in [7, 11) is 0. The maximum absolute atomic E-state index is 12.4. The molecule has 1 heterocycles. The Kier molecular flexibility index (Phi) is 3.51. The molecular weight excluding hydrogens is 315 g/mol. The number of carbonyl (C=O) groups excluding carboxylic acids is 1. The first-order valence-electron chi connectivity index (χ1n) is 6.39. The molecule has 1 aliphatic rings. The number of phenolic OH excluding ortho intramolecular Hbond substituents is 1. The Morgan fingerprint density at radius 3 is 2.71 bits per heavy atom. The van der Waals surface area contributed by atoms with Crippen LogP contribution < -0.4 is 5.32 Å². The minimum Gasteiger partial charge on any atom is -0.505 e. The Bertz CT molecular complexity index is 684. The van der Waals surface area contributed by atoms with Crippen molar-refractivity contribution in [3.05, 3.63) is 39.9 Å². The van der Waals surface area contributed by atoms with E-state index < -0.39 is 11.4 Å². The zero-order chi connectivity index (χ0) is 15.0. The van der Waals surface area contributed by atoms with Crippen molar-refractivity contribution in [3.8, 4) is 5.75 Å². The van der Waals surface area contributed by atoms with Crippen LogP contribution in [0.15, 0.2) is 18.5 Å². The van der Waals surface area contributed by atoms with Crippen LogP contribution in [-0.2, 0) is 5.54 Å². The van der Waals surface area contributed by atoms with E-state index in [1.807, 2.05) is 0 Å². The lowest BCUT2D eigenvalue weighted by atomic mass is 9.76. The van der Waals surface area contributed by atoms with Crippen molar-refractivity contribution in [2.24, 2.45) is 0 Å². The molecule has 0 radical (unpaired) electrons. The summed E-state index contributed by atoms with van der Waals surface area (Å²) in [6.07, 6.45) is 3.90. The zero-order valence-corrected chi connectivity index (χ0v) is 12.4. The molecule has 1 aliphatic carbocycles. The molecule has 21 heavy (non-hydrogen) atoms. The highest BCUT2D eigenvalue weighted by Gasteiger charge is 2.43. The van der Waals surface area contributed by atoms with Gasteiger partial charge in [0.05, 0.1) is 16.1 Å². The van der Waals surface area contributed by atoms with Crippen LogP contribution in [-0.4, -0.2) is 26.2 Å². The highest BCUT2D eigenvalue weighted by Crippen LogP contribution is 2.40. The SMILES string of the molecule is O=C(NC1(c2ncn[nH]2)CCC1)c1ccc(Cl)c(Cl)c1O. The molecule has 8 heteroatoms. The van der Waals surface area contributed by atoms with Crippen molar-refractivity contribution in [3.63, 3.8) is 0 Å². The Morgan fingerprint density at radius 1 is 1.38 bits per heavy atom. The lowest BCUT2D eigenvalue weighted by Crippen LogP contribution is -2.51. The molecule has 6 nitrogen and oxygen atoms in total. The van der Waals surface area contributed by atoms with Gasteiger partial charge in [-0.15, -0.1) is 0 Å². The van der Waals surface area contributed by atoms with E-state index in [2.05, 4.69) is 20.5 Å². The van der Waals surface area contributed by atoms with E-state index in [0.717, 1.165) is 19.3 Å². The Morgan fingerprint density at radius 2 is 2.14 bits per heavy atom. The number of aromatic nitrogens is 3. The average Bonchev–Trinajstić information content (AvgIpc) is 2.94. The molecule has 1 aromatic heterocycles. The quantitative estimate of drug-likeness (QED) is 0.808. The van der Waals surface area contributed by atoms with Gasteiger partial charge in [0.2, 0.25) is 0 Å². The Hall–Kier alpha value is -1.79. The summed E-state index contributed by atoms with van der Waals surface area (Å²) in [5.74, 6) is -0.141. The van der Waals surface area contributed by atoms with Crippen LogP contribution in [0.25, 0.3) is 0 Å². The van der Waals surface area contributed by atoms with Gasteiger partial charge in [-0.05, 0) is 31.4 Å². The Balaban J connectivity index is 1.88. The van der Waals surface area contributed by atoms with Crippen LogP contribution in [0.3, 0.4) is 0 Å². The third-order valence-corrected chi connectivity index (χ3v) is 4.54. The molecule has 1 amide bonds. The summed E-state index contributed by atoms with van der Waals surface area (Å²) in [5, 5.41) is 19.6. The number of halogens is 2. The van der Waals surface area contributed by atoms with E-state index in [1.165, 1.54) is 18.5 Å². The number of hydrogen-bond acceptors (Lipinski definition) is 4. The van der Waals surface area contributed by atoms with Gasteiger partial charge in [0.15, 0.2) is 0 Å². The molecule has 0 atom stereocenters. The smallest absolute Gasteiger partial charge is 0.255 e. The Labute approximate surface area is 130 Å². The predicted molar refractivity (Wildman–Crippen MR) is 77.5 cm³/mol. The van der Waals surface area contributed by atoms with Gasteiger partial charge in [0.1, 0.15) is 22.9 Å². The summed E-state index contributed by atoms with van der Waals surface area (Å²) < 4.78 is 0. The van der Waals surface area contributed by atoms with Gasteiger partial charge in [-0.3, -0.25) is 9.89 Å². The maximum atomic E-state index is 12.4. The first-order chi connectivity index (χ1) is 10.0. The number of carbonyl (C=O) groups is 1. The lowest BCUT2D eigenvalue weighted by Gasteiger charge is -2.40. The summed E-state index contributed by atoms with van der Waals surface area (Å²) >= 11 is 11.7. The van der Waals surface area contributed by atoms with Gasteiger partial charge >= 0.3 is 0 Å². The van der Waals surface area contributed by atoms with Crippen LogP contribution in [0, 0.1) is 0 Å². The zero-order valence-electron chi connectivity index (χ0n) is 10.9. The third kappa shape index (κ3) is 2.34. The topological polar surface area (TPSA) is 90.9 Å². The molecule has 0 unspecified atom stereocenters. The number of aromatic hydroxyl groups is 1. The number of phenols is 1. The van der Waals surface area contributed by atoms with Crippen molar-refractivity contribution in [2.45, 2.75) is 24.8 Å². The summed E-state index contributed by atoms with van der Waals surface area (Å²) in [6.45, 7) is 0. The number of nitrogens with zero attached hydrogens (tertiary/aromatic N) is 2. The molecular formula is C13H12Cl2N4O2. The second kappa shape index (κ2) is 5.20. The van der Waals surface area contributed by atoms with Gasteiger partial charge < -0.3 is 10.4 Å². The van der Waals surface area contributed by atoms with Crippen molar-refractivity contribution in [1.29, 1.82) is 0 Å². The molecule has 0 spiro atoms. The minimum absolute atomic E-state index is 0.0355. The molecule has 0 saturated heterocycles. The van der Waals surface area contributed by atoms with Gasteiger partial charge in [-0.25, -0.2) is 4.98 Å². The summed E-state index contributed by atoms with van der Waals surface area (Å²) in [4.78, 5) is 16.5. The van der Waals surface area contributed by atoms with Gasteiger partial charge in [-0.1, -0.05) is 23.2 Å². The molecule has 0 bridgehead atoms. The van der Waals surface area contributed by atoms with E-state index in [0.29, 0.717) is 5.82 Å². The minimum atomic E-state index is -0.563. The molecule has 2 aromatic rings. The normalized spacial score (nSPS) is 16.3. The fourth-order valence-electron chi connectivity index (χ4n) is 2.40. The number of benzene rings is 1. The highest BCUT2D eigenvalue weighted by atomic mass is 35.5. The van der Waals surface area contributed by atoms with Crippen LogP contribution >= 0.6 is 23.2 Å². The average molecular weight is 327 g/mol. The number of aromatic amines is 1. The molecule has 1 fully saturated rings. The fraction of sp³-hybridized carbons (Fsp3) is 0.308. The van der Waals surface area contributed by atoms with Crippen LogP contribution in [0.4, 0.5) is 0 Å². The standard InChI is InChI=1S/C13H12Cl2N4O2/c14-8-3-2-7(10(20)9(8)15)11(21)18-13(4-1-5-13)12-16-6-17-19-12/h2-3,6,20H,1,4-5H2,(H,18,21)(H,16,17,19). The number of amides is 1. The number of H-pyrrole nitrogens is 1. The second-order valence-corrected chi connectivity index (χ2v) is 5.77. The van der Waals surface area contributed by atoms with Crippen molar-refractivity contribution in [1.82, 2.24) is 20.5 Å². The van der Waals surface area contributed by atoms with E-state index in [-0.39, 0.29) is 21.4 Å². The van der Waals surface area contributed by atoms with Gasteiger partial charge in [0, 0.05) is 0 Å². The molecule has 1 aromatic carbocycles. The van der Waals surface area contributed by atoms with Crippen molar-refractivity contribution in [2.75, 3.05) is 0 Å². The monoisotopic (exact) mass is 326 g/mol. The van der Waals surface area contributed by atoms with Crippen LogP contribution in [0.5, 0.6) is 5.75 Å². The van der Waals surface area contributed by atoms with E-state index >= 15 is 0 Å². The first kappa shape index (κ1) is 14.2. The van der Waals surface area contributed by atoms with Gasteiger partial charge in [0.25, 0.3) is 5.91 Å². The molecule has 1 saturated carbocycles. The number of rotatable bonds is 3. The molecule has 110 valence electrons. The second-order valence-electron chi connectivity index (χ2n) is 4.98. The van der Waals surface area contributed by atoms with E-state index in [4.69, 9.17) is 23.2 Å². The largest absolute Gasteiger partial charge is 0.505 e. The van der Waals surface area contributed by atoms with Crippen molar-refractivity contribution < 1.29 is 9.90 Å². The van der Waals surface area contributed by atoms with E-state index in [1.54, 1.807) is 0 Å². The fourth-order valence-corrected chi connectivity index (χ4v) is 2.71. The summed E-state index contributed by atoms with van der Waals surface area (Å²) in [5.41, 5.74) is -0.484. The first-order valence-corrected chi connectivity index (χ1v) is 7.14. The molecule has 3 rings (SSSR count). The van der Waals surface area contributed by atoms with Crippen LogP contribution in [0.2, 0.25) is 10.0 Å². The van der Waals surface area contributed by atoms with E-state index in [9.17, 15) is 9.90 Å². The van der Waals surface area contributed by atoms with Crippen LogP contribution in [0.1, 0.15) is 35.4 Å². The third-order valence-electron chi connectivity index (χ3n) is 3.74.